The second-order valence-corrected chi connectivity index (χ2v) is 3.13. The first-order chi connectivity index (χ1) is 5.24. The van der Waals surface area contributed by atoms with E-state index >= 15 is 0 Å². The van der Waals surface area contributed by atoms with Crippen molar-refractivity contribution in [2.75, 3.05) is 13.1 Å². The second-order valence-electron chi connectivity index (χ2n) is 3.13. The predicted octanol–water partition coefficient (Wildman–Crippen LogP) is 1.23. The summed E-state index contributed by atoms with van der Waals surface area (Å²) in [6.07, 6.45) is 3.63. The van der Waals surface area contributed by atoms with Crippen LogP contribution in [0.3, 0.4) is 0 Å². The van der Waals surface area contributed by atoms with Gasteiger partial charge in [-0.15, -0.1) is 6.58 Å². The maximum Gasteiger partial charge on any atom is 0.148 e. The van der Waals surface area contributed by atoms with Gasteiger partial charge in [-0.1, -0.05) is 6.08 Å². The summed E-state index contributed by atoms with van der Waals surface area (Å²) in [7, 11) is 0. The molecule has 1 atom stereocenters. The Hall–Kier alpha value is -0.630. The van der Waals surface area contributed by atoms with Crippen LogP contribution in [-0.4, -0.2) is 29.8 Å². The average Bonchev–Trinajstić information content (AvgIpc) is 2.36. The minimum atomic E-state index is 0.376. The Balaban J connectivity index is 2.36. The van der Waals surface area contributed by atoms with Gasteiger partial charge in [0.15, 0.2) is 0 Å². The van der Waals surface area contributed by atoms with E-state index in [1.54, 1.807) is 0 Å². The van der Waals surface area contributed by atoms with E-state index in [-0.39, 0.29) is 0 Å². The molecular formula is C9H15NO. The van der Waals surface area contributed by atoms with Gasteiger partial charge in [0.2, 0.25) is 0 Å². The van der Waals surface area contributed by atoms with Crippen LogP contribution in [0, 0.1) is 0 Å². The molecule has 0 bridgehead atoms. The highest BCUT2D eigenvalue weighted by Crippen LogP contribution is 2.11. The van der Waals surface area contributed by atoms with E-state index in [0.29, 0.717) is 18.4 Å². The predicted molar refractivity (Wildman–Crippen MR) is 45.5 cm³/mol. The Kier molecular flexibility index (Phi) is 2.83. The molecule has 0 aromatic carbocycles. The second kappa shape index (κ2) is 3.67. The zero-order chi connectivity index (χ0) is 8.27. The Bertz CT molecular complexity index is 165. The minimum Gasteiger partial charge on any atom is -0.298 e. The van der Waals surface area contributed by atoms with Crippen LogP contribution in [0.4, 0.5) is 0 Å². The highest BCUT2D eigenvalue weighted by Gasteiger charge is 2.22. The molecule has 0 spiro atoms. The number of nitrogens with zero attached hydrogens (tertiary/aromatic N) is 1. The van der Waals surface area contributed by atoms with Crippen LogP contribution in [0.15, 0.2) is 12.7 Å². The first-order valence-electron chi connectivity index (χ1n) is 4.10. The maximum absolute atomic E-state index is 10.9. The fourth-order valence-corrected chi connectivity index (χ4v) is 1.42. The van der Waals surface area contributed by atoms with Crippen molar-refractivity contribution >= 4 is 5.78 Å². The fourth-order valence-electron chi connectivity index (χ4n) is 1.42. The molecule has 1 aliphatic heterocycles. The van der Waals surface area contributed by atoms with Crippen molar-refractivity contribution in [1.29, 1.82) is 0 Å². The van der Waals surface area contributed by atoms with Gasteiger partial charge in [-0.2, -0.15) is 0 Å². The van der Waals surface area contributed by atoms with Crippen LogP contribution in [0.1, 0.15) is 19.8 Å². The minimum absolute atomic E-state index is 0.376. The van der Waals surface area contributed by atoms with Crippen LogP contribution in [0.2, 0.25) is 0 Å². The largest absolute Gasteiger partial charge is 0.298 e. The van der Waals surface area contributed by atoms with Crippen molar-refractivity contribution in [2.24, 2.45) is 0 Å². The lowest BCUT2D eigenvalue weighted by Crippen LogP contribution is -2.30. The number of hydrogen-bond acceptors (Lipinski definition) is 2. The number of Topliss-reactive ketones (excluding diaryl/α,β-unsaturated/α-hetero) is 1. The Morgan fingerprint density at radius 1 is 1.82 bits per heavy atom. The van der Waals surface area contributed by atoms with E-state index in [9.17, 15) is 4.79 Å². The number of ketones is 1. The Labute approximate surface area is 67.9 Å². The van der Waals surface area contributed by atoms with E-state index in [2.05, 4.69) is 18.4 Å². The van der Waals surface area contributed by atoms with Crippen LogP contribution >= 0.6 is 0 Å². The standard InChI is InChI=1S/C9H15NO/c1-3-4-8(2)10-6-5-9(11)7-10/h3,8H,1,4-7H2,2H3. The fraction of sp³-hybridized carbons (Fsp3) is 0.667. The highest BCUT2D eigenvalue weighted by molar-refractivity contribution is 5.82. The molecule has 0 aromatic rings. The molecule has 0 radical (unpaired) electrons. The molecule has 0 saturated carbocycles. The average molecular weight is 153 g/mol. The van der Waals surface area contributed by atoms with Crippen molar-refractivity contribution < 1.29 is 4.79 Å². The maximum atomic E-state index is 10.9. The molecule has 1 rings (SSSR count). The van der Waals surface area contributed by atoms with Crippen LogP contribution in [-0.2, 0) is 4.79 Å². The zero-order valence-electron chi connectivity index (χ0n) is 7.05. The summed E-state index contributed by atoms with van der Waals surface area (Å²) in [5.41, 5.74) is 0. The molecule has 1 unspecified atom stereocenters. The zero-order valence-corrected chi connectivity index (χ0v) is 7.05. The SMILES string of the molecule is C=CCC(C)N1CCC(=O)C1. The van der Waals surface area contributed by atoms with Gasteiger partial charge in [0.1, 0.15) is 5.78 Å². The van der Waals surface area contributed by atoms with Gasteiger partial charge in [0.05, 0.1) is 6.54 Å². The van der Waals surface area contributed by atoms with E-state index in [1.165, 1.54) is 0 Å². The van der Waals surface area contributed by atoms with Crippen LogP contribution in [0.25, 0.3) is 0 Å². The van der Waals surface area contributed by atoms with Gasteiger partial charge in [0.25, 0.3) is 0 Å². The molecule has 0 N–H and O–H groups in total. The Morgan fingerprint density at radius 2 is 2.55 bits per heavy atom. The summed E-state index contributed by atoms with van der Waals surface area (Å²) in [5.74, 6) is 0.376. The lowest BCUT2D eigenvalue weighted by atomic mass is 10.2. The van der Waals surface area contributed by atoms with Gasteiger partial charge >= 0.3 is 0 Å². The van der Waals surface area contributed by atoms with Gasteiger partial charge in [0, 0.05) is 19.0 Å². The van der Waals surface area contributed by atoms with Gasteiger partial charge in [-0.25, -0.2) is 0 Å². The summed E-state index contributed by atoms with van der Waals surface area (Å²) < 4.78 is 0. The first-order valence-corrected chi connectivity index (χ1v) is 4.10. The van der Waals surface area contributed by atoms with Crippen LogP contribution in [0.5, 0.6) is 0 Å². The number of hydrogen-bond donors (Lipinski definition) is 0. The molecule has 11 heavy (non-hydrogen) atoms. The van der Waals surface area contributed by atoms with E-state index in [1.807, 2.05) is 6.08 Å². The van der Waals surface area contributed by atoms with Crippen molar-refractivity contribution in [3.63, 3.8) is 0 Å². The molecule has 62 valence electrons. The number of rotatable bonds is 3. The lowest BCUT2D eigenvalue weighted by Gasteiger charge is -2.20. The monoisotopic (exact) mass is 153 g/mol. The summed E-state index contributed by atoms with van der Waals surface area (Å²) in [4.78, 5) is 13.1. The van der Waals surface area contributed by atoms with Crippen molar-refractivity contribution in [1.82, 2.24) is 4.90 Å². The molecule has 2 heteroatoms. The molecular weight excluding hydrogens is 138 g/mol. The third-order valence-electron chi connectivity index (χ3n) is 2.19. The summed E-state index contributed by atoms with van der Waals surface area (Å²) in [6, 6.07) is 0.485. The third-order valence-corrected chi connectivity index (χ3v) is 2.19. The first kappa shape index (κ1) is 8.47. The van der Waals surface area contributed by atoms with Gasteiger partial charge in [-0.05, 0) is 13.3 Å². The highest BCUT2D eigenvalue weighted by atomic mass is 16.1. The Morgan fingerprint density at radius 3 is 3.00 bits per heavy atom. The normalized spacial score (nSPS) is 22.1. The molecule has 2 nitrogen and oxygen atoms in total. The summed E-state index contributed by atoms with van der Waals surface area (Å²) >= 11 is 0. The van der Waals surface area contributed by atoms with Crippen molar-refractivity contribution in [2.45, 2.75) is 25.8 Å². The smallest absolute Gasteiger partial charge is 0.148 e. The molecule has 1 fully saturated rings. The summed E-state index contributed by atoms with van der Waals surface area (Å²) in [6.45, 7) is 7.40. The van der Waals surface area contributed by atoms with Crippen molar-refractivity contribution in [3.8, 4) is 0 Å². The van der Waals surface area contributed by atoms with Crippen LogP contribution < -0.4 is 0 Å². The molecule has 0 aliphatic carbocycles. The van der Waals surface area contributed by atoms with E-state index < -0.39 is 0 Å². The number of carbonyl (C=O) groups is 1. The summed E-state index contributed by atoms with van der Waals surface area (Å²) in [5, 5.41) is 0. The molecule has 0 aromatic heterocycles. The van der Waals surface area contributed by atoms with Gasteiger partial charge < -0.3 is 0 Å². The molecule has 1 aliphatic rings. The van der Waals surface area contributed by atoms with E-state index in [0.717, 1.165) is 19.4 Å². The van der Waals surface area contributed by atoms with E-state index in [4.69, 9.17) is 0 Å². The number of carbonyl (C=O) groups excluding carboxylic acids is 1. The molecule has 0 amide bonds. The topological polar surface area (TPSA) is 20.3 Å². The molecule has 1 heterocycles. The molecule has 1 saturated heterocycles. The number of likely N-dealkylation sites (tertiary alicyclic amines) is 1. The third kappa shape index (κ3) is 2.15. The quantitative estimate of drug-likeness (QED) is 0.568. The van der Waals surface area contributed by atoms with Gasteiger partial charge in [-0.3, -0.25) is 9.69 Å². The van der Waals surface area contributed by atoms with Crippen molar-refractivity contribution in [3.05, 3.63) is 12.7 Å². The lowest BCUT2D eigenvalue weighted by molar-refractivity contribution is -0.117.